The Hall–Kier alpha value is -1.99. The van der Waals surface area contributed by atoms with Crippen LogP contribution >= 0.6 is 11.3 Å². The largest absolute Gasteiger partial charge is 0.380 e. The third-order valence-corrected chi connectivity index (χ3v) is 5.44. The summed E-state index contributed by atoms with van der Waals surface area (Å²) in [5, 5.41) is 0.468. The number of ether oxygens (including phenoxy) is 1. The van der Waals surface area contributed by atoms with Crippen LogP contribution in [0.25, 0.3) is 10.1 Å². The van der Waals surface area contributed by atoms with E-state index in [0.717, 1.165) is 4.70 Å². The number of benzene rings is 1. The molecule has 24 heavy (non-hydrogen) atoms. The van der Waals surface area contributed by atoms with Gasteiger partial charge in [0.2, 0.25) is 5.91 Å². The molecule has 1 saturated heterocycles. The molecular formula is C17H19FN2O3S. The third kappa shape index (κ3) is 3.01. The first-order valence-corrected chi connectivity index (χ1v) is 8.58. The molecule has 0 unspecified atom stereocenters. The highest BCUT2D eigenvalue weighted by molar-refractivity contribution is 7.21. The predicted octanol–water partition coefficient (Wildman–Crippen LogP) is 2.49. The maximum absolute atomic E-state index is 14.2. The molecule has 1 aliphatic heterocycles. The summed E-state index contributed by atoms with van der Waals surface area (Å²) in [5.74, 6) is -0.437. The lowest BCUT2D eigenvalue weighted by Gasteiger charge is -2.34. The van der Waals surface area contributed by atoms with Gasteiger partial charge in [0.15, 0.2) is 0 Å². The quantitative estimate of drug-likeness (QED) is 0.855. The normalized spacial score (nSPS) is 15.1. The summed E-state index contributed by atoms with van der Waals surface area (Å²) in [6, 6.07) is 4.85. The minimum atomic E-state index is -0.337. The van der Waals surface area contributed by atoms with Crippen LogP contribution in [-0.4, -0.2) is 54.9 Å². The summed E-state index contributed by atoms with van der Waals surface area (Å²) in [5.41, 5.74) is 0.606. The van der Waals surface area contributed by atoms with Crippen molar-refractivity contribution in [2.45, 2.75) is 13.5 Å². The molecule has 5 nitrogen and oxygen atoms in total. The summed E-state index contributed by atoms with van der Waals surface area (Å²) in [4.78, 5) is 28.3. The number of hydrogen-bond donors (Lipinski definition) is 0. The molecular weight excluding hydrogens is 331 g/mol. The zero-order chi connectivity index (χ0) is 17.3. The van der Waals surface area contributed by atoms with E-state index in [4.69, 9.17) is 4.74 Å². The molecule has 128 valence electrons. The molecule has 1 aromatic carbocycles. The molecule has 2 heterocycles. The molecule has 2 aromatic rings. The third-order valence-electron chi connectivity index (χ3n) is 4.26. The van der Waals surface area contributed by atoms with E-state index >= 15 is 0 Å². The van der Waals surface area contributed by atoms with Crippen LogP contribution in [0, 0.1) is 5.82 Å². The van der Waals surface area contributed by atoms with Crippen molar-refractivity contribution in [3.63, 3.8) is 0 Å². The van der Waals surface area contributed by atoms with Crippen molar-refractivity contribution in [1.82, 2.24) is 9.80 Å². The Bertz CT molecular complexity index is 781. The van der Waals surface area contributed by atoms with Crippen LogP contribution in [0.4, 0.5) is 4.39 Å². The first kappa shape index (κ1) is 16.9. The van der Waals surface area contributed by atoms with Gasteiger partial charge in [0.25, 0.3) is 5.91 Å². The highest BCUT2D eigenvalue weighted by Gasteiger charge is 2.27. The summed E-state index contributed by atoms with van der Waals surface area (Å²) in [6.07, 6.45) is 0. The predicted molar refractivity (Wildman–Crippen MR) is 90.7 cm³/mol. The summed E-state index contributed by atoms with van der Waals surface area (Å²) < 4.78 is 20.1. The monoisotopic (exact) mass is 350 g/mol. The number of nitrogens with zero attached hydrogens (tertiary/aromatic N) is 2. The van der Waals surface area contributed by atoms with Crippen LogP contribution in [0.3, 0.4) is 0 Å². The number of piperazine rings is 1. The maximum Gasteiger partial charge on any atom is 0.264 e. The molecule has 2 amide bonds. The van der Waals surface area contributed by atoms with E-state index in [2.05, 4.69) is 0 Å². The minimum Gasteiger partial charge on any atom is -0.380 e. The van der Waals surface area contributed by atoms with E-state index in [-0.39, 0.29) is 24.2 Å². The van der Waals surface area contributed by atoms with Gasteiger partial charge in [-0.25, -0.2) is 4.39 Å². The number of hydrogen-bond acceptors (Lipinski definition) is 4. The van der Waals surface area contributed by atoms with Gasteiger partial charge in [0.05, 0.1) is 11.5 Å². The fourth-order valence-electron chi connectivity index (χ4n) is 2.99. The first-order chi connectivity index (χ1) is 11.5. The van der Waals surface area contributed by atoms with Gasteiger partial charge >= 0.3 is 0 Å². The number of amides is 2. The fourth-order valence-corrected chi connectivity index (χ4v) is 4.18. The molecule has 0 N–H and O–H groups in total. The van der Waals surface area contributed by atoms with E-state index in [1.165, 1.54) is 31.4 Å². The Kier molecular flexibility index (Phi) is 4.82. The lowest BCUT2D eigenvalue weighted by Crippen LogP contribution is -2.50. The Balaban J connectivity index is 1.91. The van der Waals surface area contributed by atoms with E-state index < -0.39 is 0 Å². The van der Waals surface area contributed by atoms with Crippen LogP contribution in [0.5, 0.6) is 0 Å². The van der Waals surface area contributed by atoms with Crippen molar-refractivity contribution in [3.05, 3.63) is 34.5 Å². The summed E-state index contributed by atoms with van der Waals surface area (Å²) >= 11 is 1.30. The molecule has 1 fully saturated rings. The number of methoxy groups -OCH3 is 1. The number of thiophene rings is 1. The van der Waals surface area contributed by atoms with Crippen molar-refractivity contribution in [2.24, 2.45) is 0 Å². The molecule has 3 rings (SSSR count). The Morgan fingerprint density at radius 1 is 1.21 bits per heavy atom. The van der Waals surface area contributed by atoms with Gasteiger partial charge in [0, 0.05) is 55.9 Å². The van der Waals surface area contributed by atoms with Crippen molar-refractivity contribution >= 4 is 33.2 Å². The smallest absolute Gasteiger partial charge is 0.264 e. The second kappa shape index (κ2) is 6.86. The second-order valence-electron chi connectivity index (χ2n) is 5.75. The second-order valence-corrected chi connectivity index (χ2v) is 6.81. The SMILES string of the molecule is COCc1c(C(=O)N2CCN(C(C)=O)CC2)sc2cccc(F)c12. The average Bonchev–Trinajstić information content (AvgIpc) is 2.94. The van der Waals surface area contributed by atoms with E-state index in [0.29, 0.717) is 42.0 Å². The van der Waals surface area contributed by atoms with Gasteiger partial charge in [-0.15, -0.1) is 11.3 Å². The molecule has 0 bridgehead atoms. The van der Waals surface area contributed by atoms with Crippen molar-refractivity contribution in [3.8, 4) is 0 Å². The lowest BCUT2D eigenvalue weighted by molar-refractivity contribution is -0.130. The molecule has 0 saturated carbocycles. The number of rotatable bonds is 3. The van der Waals surface area contributed by atoms with E-state index in [1.807, 2.05) is 6.07 Å². The van der Waals surface area contributed by atoms with E-state index in [9.17, 15) is 14.0 Å². The Morgan fingerprint density at radius 2 is 1.88 bits per heavy atom. The van der Waals surface area contributed by atoms with Crippen LogP contribution in [0.1, 0.15) is 22.2 Å². The number of fused-ring (bicyclic) bond motifs is 1. The van der Waals surface area contributed by atoms with Crippen molar-refractivity contribution in [1.29, 1.82) is 0 Å². The zero-order valence-electron chi connectivity index (χ0n) is 13.7. The molecule has 0 aliphatic carbocycles. The Morgan fingerprint density at radius 3 is 2.50 bits per heavy atom. The van der Waals surface area contributed by atoms with Crippen LogP contribution in [0.2, 0.25) is 0 Å². The zero-order valence-corrected chi connectivity index (χ0v) is 14.5. The summed E-state index contributed by atoms with van der Waals surface area (Å²) in [7, 11) is 1.53. The maximum atomic E-state index is 14.2. The molecule has 0 radical (unpaired) electrons. The van der Waals surface area contributed by atoms with Crippen LogP contribution < -0.4 is 0 Å². The highest BCUT2D eigenvalue weighted by Crippen LogP contribution is 2.34. The average molecular weight is 350 g/mol. The number of halogens is 1. The Labute approximate surface area is 143 Å². The summed E-state index contributed by atoms with van der Waals surface area (Å²) in [6.45, 7) is 3.75. The molecule has 0 atom stereocenters. The lowest BCUT2D eigenvalue weighted by atomic mass is 10.1. The number of carbonyl (C=O) groups is 2. The van der Waals surface area contributed by atoms with Crippen molar-refractivity contribution in [2.75, 3.05) is 33.3 Å². The van der Waals surface area contributed by atoms with E-state index in [1.54, 1.807) is 15.9 Å². The number of carbonyl (C=O) groups excluding carboxylic acids is 2. The van der Waals surface area contributed by atoms with Gasteiger partial charge in [-0.2, -0.15) is 0 Å². The van der Waals surface area contributed by atoms with Crippen LogP contribution in [0.15, 0.2) is 18.2 Å². The van der Waals surface area contributed by atoms with Crippen molar-refractivity contribution < 1.29 is 18.7 Å². The first-order valence-electron chi connectivity index (χ1n) is 7.76. The van der Waals surface area contributed by atoms with Gasteiger partial charge in [-0.05, 0) is 12.1 Å². The molecule has 0 spiro atoms. The fraction of sp³-hybridized carbons (Fsp3) is 0.412. The molecule has 7 heteroatoms. The van der Waals surface area contributed by atoms with Gasteiger partial charge < -0.3 is 14.5 Å². The van der Waals surface area contributed by atoms with Gasteiger partial charge in [-0.1, -0.05) is 6.07 Å². The highest BCUT2D eigenvalue weighted by atomic mass is 32.1. The molecule has 1 aliphatic rings. The van der Waals surface area contributed by atoms with Gasteiger partial charge in [-0.3, -0.25) is 9.59 Å². The standard InChI is InChI=1S/C17H19FN2O3S/c1-11(21)19-6-8-20(9-7-19)17(22)16-12(10-23-2)15-13(18)4-3-5-14(15)24-16/h3-5H,6-10H2,1-2H3. The van der Waals surface area contributed by atoms with Gasteiger partial charge in [0.1, 0.15) is 5.82 Å². The van der Waals surface area contributed by atoms with Crippen LogP contribution in [-0.2, 0) is 16.1 Å². The topological polar surface area (TPSA) is 49.9 Å². The molecule has 1 aromatic heterocycles. The minimum absolute atomic E-state index is 0.0195.